The van der Waals surface area contributed by atoms with Crippen LogP contribution in [0.1, 0.15) is 101 Å². The fourth-order valence-electron chi connectivity index (χ4n) is 4.22. The van der Waals surface area contributed by atoms with Crippen LogP contribution >= 0.6 is 0 Å². The fraction of sp³-hybridized carbons (Fsp3) is 1.00. The predicted octanol–water partition coefficient (Wildman–Crippen LogP) is 5.73. The molecule has 2 N–H and O–H groups in total. The SMILES string of the molecule is CCCC(N)C(CCC)(CCC)OC(C)[N+](CC)(CC)CC.CCOCC. The van der Waals surface area contributed by atoms with Crippen molar-refractivity contribution in [2.75, 3.05) is 32.8 Å². The molecule has 0 aromatic carbocycles. The van der Waals surface area contributed by atoms with E-state index in [1.165, 1.54) is 0 Å². The van der Waals surface area contributed by atoms with Crippen molar-refractivity contribution in [1.82, 2.24) is 0 Å². The van der Waals surface area contributed by atoms with Crippen LogP contribution in [0, 0.1) is 0 Å². The summed E-state index contributed by atoms with van der Waals surface area (Å²) in [4.78, 5) is 0. The first-order chi connectivity index (χ1) is 12.8. The normalized spacial score (nSPS) is 14.4. The molecular formula is C23H53N2O2+. The van der Waals surface area contributed by atoms with Crippen molar-refractivity contribution in [3.05, 3.63) is 0 Å². The molecule has 0 amide bonds. The summed E-state index contributed by atoms with van der Waals surface area (Å²) >= 11 is 0. The van der Waals surface area contributed by atoms with Gasteiger partial charge in [-0.1, -0.05) is 40.0 Å². The van der Waals surface area contributed by atoms with Gasteiger partial charge in [-0.25, -0.2) is 0 Å². The highest BCUT2D eigenvalue weighted by Gasteiger charge is 2.42. The predicted molar refractivity (Wildman–Crippen MR) is 120 cm³/mol. The van der Waals surface area contributed by atoms with Gasteiger partial charge in [-0.15, -0.1) is 0 Å². The van der Waals surface area contributed by atoms with Gasteiger partial charge in [0.05, 0.1) is 25.2 Å². The molecule has 0 aliphatic carbocycles. The van der Waals surface area contributed by atoms with E-state index in [4.69, 9.17) is 15.2 Å². The van der Waals surface area contributed by atoms with Gasteiger partial charge in [-0.05, 0) is 53.9 Å². The summed E-state index contributed by atoms with van der Waals surface area (Å²) < 4.78 is 12.7. The zero-order chi connectivity index (χ0) is 21.3. The third-order valence-corrected chi connectivity index (χ3v) is 6.10. The van der Waals surface area contributed by atoms with Gasteiger partial charge in [0, 0.05) is 26.2 Å². The van der Waals surface area contributed by atoms with E-state index in [1.54, 1.807) is 0 Å². The van der Waals surface area contributed by atoms with E-state index in [0.717, 1.165) is 75.9 Å². The molecule has 0 bridgehead atoms. The Morgan fingerprint density at radius 3 is 1.48 bits per heavy atom. The maximum atomic E-state index is 6.82. The van der Waals surface area contributed by atoms with Crippen molar-refractivity contribution >= 4 is 0 Å². The minimum Gasteiger partial charge on any atom is -0.382 e. The number of nitrogens with zero attached hydrogens (tertiary/aromatic N) is 1. The van der Waals surface area contributed by atoms with E-state index in [1.807, 2.05) is 13.8 Å². The lowest BCUT2D eigenvalue weighted by atomic mass is 9.83. The Morgan fingerprint density at radius 2 is 1.22 bits per heavy atom. The summed E-state index contributed by atoms with van der Waals surface area (Å²) in [6, 6.07) is 0.146. The average molecular weight is 390 g/mol. The van der Waals surface area contributed by atoms with Crippen LogP contribution in [0.4, 0.5) is 0 Å². The summed E-state index contributed by atoms with van der Waals surface area (Å²) in [5.41, 5.74) is 6.47. The molecule has 4 nitrogen and oxygen atoms in total. The summed E-state index contributed by atoms with van der Waals surface area (Å²) in [6.45, 7) is 24.8. The van der Waals surface area contributed by atoms with Gasteiger partial charge in [-0.3, -0.25) is 4.48 Å². The summed E-state index contributed by atoms with van der Waals surface area (Å²) in [5.74, 6) is 0. The Hall–Kier alpha value is -0.160. The maximum absolute atomic E-state index is 6.82. The second kappa shape index (κ2) is 16.8. The first-order valence-corrected chi connectivity index (χ1v) is 11.7. The average Bonchev–Trinajstić information content (AvgIpc) is 2.65. The molecule has 166 valence electrons. The topological polar surface area (TPSA) is 44.5 Å². The molecule has 2 unspecified atom stereocenters. The van der Waals surface area contributed by atoms with Crippen LogP contribution in [0.15, 0.2) is 0 Å². The Bertz CT molecular complexity index is 303. The van der Waals surface area contributed by atoms with Crippen LogP contribution in [-0.2, 0) is 9.47 Å². The molecular weight excluding hydrogens is 336 g/mol. The molecule has 0 fully saturated rings. The Morgan fingerprint density at radius 1 is 0.778 bits per heavy atom. The van der Waals surface area contributed by atoms with E-state index in [0.29, 0.717) is 0 Å². The number of quaternary nitrogens is 1. The Labute approximate surface area is 171 Å². The Balaban J connectivity index is 0. The number of hydrogen-bond donors (Lipinski definition) is 1. The lowest BCUT2D eigenvalue weighted by Gasteiger charge is -2.47. The maximum Gasteiger partial charge on any atom is 0.191 e. The number of nitrogens with two attached hydrogens (primary N) is 1. The van der Waals surface area contributed by atoms with Crippen molar-refractivity contribution in [2.24, 2.45) is 5.73 Å². The van der Waals surface area contributed by atoms with Gasteiger partial charge < -0.3 is 15.2 Å². The van der Waals surface area contributed by atoms with Crippen molar-refractivity contribution < 1.29 is 14.0 Å². The minimum absolute atomic E-state index is 0.146. The first-order valence-electron chi connectivity index (χ1n) is 11.7. The zero-order valence-electron chi connectivity index (χ0n) is 20.3. The van der Waals surface area contributed by atoms with Crippen LogP contribution < -0.4 is 5.73 Å². The highest BCUT2D eigenvalue weighted by molar-refractivity contribution is 4.91. The van der Waals surface area contributed by atoms with Crippen LogP contribution in [0.3, 0.4) is 0 Å². The smallest absolute Gasteiger partial charge is 0.191 e. The van der Waals surface area contributed by atoms with Crippen LogP contribution in [0.2, 0.25) is 0 Å². The van der Waals surface area contributed by atoms with Crippen molar-refractivity contribution in [2.45, 2.75) is 119 Å². The van der Waals surface area contributed by atoms with Gasteiger partial charge in [-0.2, -0.15) is 0 Å². The molecule has 0 aromatic heterocycles. The van der Waals surface area contributed by atoms with Gasteiger partial charge in [0.15, 0.2) is 6.23 Å². The second-order valence-corrected chi connectivity index (χ2v) is 7.63. The van der Waals surface area contributed by atoms with Gasteiger partial charge in [0.1, 0.15) is 0 Å². The molecule has 0 heterocycles. The fourth-order valence-corrected chi connectivity index (χ4v) is 4.22. The molecule has 0 rings (SSSR count). The largest absolute Gasteiger partial charge is 0.382 e. The van der Waals surface area contributed by atoms with E-state index in [2.05, 4.69) is 48.5 Å². The standard InChI is InChI=1S/C19H43N2O.C4H10O/c1-8-14-18(20)19(15-9-2,16-10-3)22-17(7)21(11-4,12-5)13-6;1-3-5-4-2/h17-18H,8-16,20H2,1-7H3;3-4H2,1-2H3/q+1;. The highest BCUT2D eigenvalue weighted by Crippen LogP contribution is 2.33. The molecule has 0 saturated carbocycles. The quantitative estimate of drug-likeness (QED) is 0.287. The third kappa shape index (κ3) is 9.74. The van der Waals surface area contributed by atoms with Crippen LogP contribution in [0.25, 0.3) is 0 Å². The molecule has 0 spiro atoms. The number of hydrogen-bond acceptors (Lipinski definition) is 3. The first kappa shape index (κ1) is 29.0. The molecule has 0 radical (unpaired) electrons. The molecule has 2 atom stereocenters. The lowest BCUT2D eigenvalue weighted by Crippen LogP contribution is -2.60. The van der Waals surface area contributed by atoms with E-state index >= 15 is 0 Å². The second-order valence-electron chi connectivity index (χ2n) is 7.63. The van der Waals surface area contributed by atoms with Crippen molar-refractivity contribution in [1.29, 1.82) is 0 Å². The van der Waals surface area contributed by atoms with E-state index in [9.17, 15) is 0 Å². The summed E-state index contributed by atoms with van der Waals surface area (Å²) in [5, 5.41) is 0. The number of rotatable bonds is 15. The monoisotopic (exact) mass is 389 g/mol. The van der Waals surface area contributed by atoms with Crippen molar-refractivity contribution in [3.63, 3.8) is 0 Å². The van der Waals surface area contributed by atoms with Gasteiger partial charge in [0.2, 0.25) is 0 Å². The Kier molecular flexibility index (Phi) is 18.0. The molecule has 27 heavy (non-hydrogen) atoms. The molecule has 0 aromatic rings. The zero-order valence-corrected chi connectivity index (χ0v) is 20.3. The van der Waals surface area contributed by atoms with Gasteiger partial charge in [0.25, 0.3) is 0 Å². The number of ether oxygens (including phenoxy) is 2. The molecule has 0 aliphatic rings. The molecule has 0 aliphatic heterocycles. The molecule has 4 heteroatoms. The van der Waals surface area contributed by atoms with Crippen LogP contribution in [0.5, 0.6) is 0 Å². The highest BCUT2D eigenvalue weighted by atomic mass is 16.5. The summed E-state index contributed by atoms with van der Waals surface area (Å²) in [6.07, 6.45) is 6.80. The third-order valence-electron chi connectivity index (χ3n) is 6.10. The van der Waals surface area contributed by atoms with Crippen molar-refractivity contribution in [3.8, 4) is 0 Å². The van der Waals surface area contributed by atoms with Crippen LogP contribution in [-0.4, -0.2) is 55.2 Å². The minimum atomic E-state index is -0.151. The summed E-state index contributed by atoms with van der Waals surface area (Å²) in [7, 11) is 0. The van der Waals surface area contributed by atoms with E-state index in [-0.39, 0.29) is 17.9 Å². The molecule has 0 saturated heterocycles. The van der Waals surface area contributed by atoms with Gasteiger partial charge >= 0.3 is 0 Å². The van der Waals surface area contributed by atoms with E-state index < -0.39 is 0 Å². The lowest BCUT2D eigenvalue weighted by molar-refractivity contribution is -0.967.